The number of nitrogen functional groups attached to an aromatic ring is 1. The van der Waals surface area contributed by atoms with Gasteiger partial charge in [0.25, 0.3) is 0 Å². The number of anilines is 5. The van der Waals surface area contributed by atoms with E-state index in [4.69, 9.17) is 21.6 Å². The molecule has 1 amide bonds. The molecule has 0 bridgehead atoms. The fourth-order valence-electron chi connectivity index (χ4n) is 3.16. The lowest BCUT2D eigenvalue weighted by molar-refractivity contribution is 0.100. The summed E-state index contributed by atoms with van der Waals surface area (Å²) in [6.45, 7) is 0.819. The number of nitrogens with two attached hydrogens (primary N) is 2. The Bertz CT molecular complexity index is 1120. The molecule has 0 radical (unpaired) electrons. The van der Waals surface area contributed by atoms with E-state index >= 15 is 0 Å². The molecule has 6 N–H and O–H groups in total. The number of aromatic nitrogens is 2. The number of nitrogens with one attached hydrogen (secondary N) is 2. The van der Waals surface area contributed by atoms with Gasteiger partial charge in [-0.15, -0.1) is 0 Å². The Morgan fingerprint density at radius 2 is 2.09 bits per heavy atom. The van der Waals surface area contributed by atoms with Crippen LogP contribution in [0.25, 0.3) is 0 Å². The van der Waals surface area contributed by atoms with Crippen LogP contribution in [0, 0.1) is 11.2 Å². The number of ether oxygens (including phenoxy) is 1. The molecule has 3 aromatic rings. The van der Waals surface area contributed by atoms with E-state index in [0.717, 1.165) is 12.4 Å². The molecule has 9 nitrogen and oxygen atoms in total. The topological polar surface area (TPSA) is 143 Å². The number of nitrogens with zero attached hydrogens (tertiary/aromatic N) is 3. The van der Waals surface area contributed by atoms with E-state index in [0.29, 0.717) is 47.8 Å². The van der Waals surface area contributed by atoms with Gasteiger partial charge in [0, 0.05) is 49.0 Å². The number of carbonyl (C=O) groups is 1. The highest BCUT2D eigenvalue weighted by atomic mass is 19.1. The Kier molecular flexibility index (Phi) is 7.29. The lowest BCUT2D eigenvalue weighted by atomic mass is 10.1. The fourth-order valence-corrected chi connectivity index (χ4v) is 3.16. The first-order valence-corrected chi connectivity index (χ1v) is 9.79. The lowest BCUT2D eigenvalue weighted by Crippen LogP contribution is -2.24. The SMILES string of the molecule is COCCCN(c1cccc(N)c1C=N)c1nc(Nc2cccc(C(N)=O)c2)ncc1F. The van der Waals surface area contributed by atoms with Gasteiger partial charge < -0.3 is 31.8 Å². The minimum absolute atomic E-state index is 0.0124. The summed E-state index contributed by atoms with van der Waals surface area (Å²) in [6, 6.07) is 11.7. The van der Waals surface area contributed by atoms with Crippen LogP contribution in [0.5, 0.6) is 0 Å². The summed E-state index contributed by atoms with van der Waals surface area (Å²) in [7, 11) is 1.58. The lowest BCUT2D eigenvalue weighted by Gasteiger charge is -2.26. The molecule has 0 fully saturated rings. The largest absolute Gasteiger partial charge is 0.398 e. The maximum Gasteiger partial charge on any atom is 0.248 e. The van der Waals surface area contributed by atoms with Gasteiger partial charge in [0.15, 0.2) is 11.6 Å². The van der Waals surface area contributed by atoms with E-state index in [1.165, 1.54) is 0 Å². The number of amides is 1. The van der Waals surface area contributed by atoms with Gasteiger partial charge in [-0.05, 0) is 36.8 Å². The van der Waals surface area contributed by atoms with Crippen molar-refractivity contribution in [3.8, 4) is 0 Å². The first-order chi connectivity index (χ1) is 15.4. The molecule has 0 saturated carbocycles. The van der Waals surface area contributed by atoms with Crippen LogP contribution in [-0.2, 0) is 4.74 Å². The molecular weight excluding hydrogens is 413 g/mol. The Labute approximate surface area is 184 Å². The molecule has 2 aromatic carbocycles. The average molecular weight is 437 g/mol. The number of benzene rings is 2. The molecule has 1 aromatic heterocycles. The second-order valence-corrected chi connectivity index (χ2v) is 6.86. The molecule has 0 aliphatic carbocycles. The number of methoxy groups -OCH3 is 1. The number of primary amides is 1. The van der Waals surface area contributed by atoms with Crippen molar-refractivity contribution in [1.82, 2.24) is 9.97 Å². The third-order valence-corrected chi connectivity index (χ3v) is 4.67. The van der Waals surface area contributed by atoms with Crippen LogP contribution in [0.3, 0.4) is 0 Å². The molecule has 0 atom stereocenters. The van der Waals surface area contributed by atoms with E-state index in [2.05, 4.69) is 15.3 Å². The van der Waals surface area contributed by atoms with Crippen molar-refractivity contribution in [2.45, 2.75) is 6.42 Å². The van der Waals surface area contributed by atoms with Gasteiger partial charge in [-0.3, -0.25) is 4.79 Å². The minimum atomic E-state index is -0.641. The van der Waals surface area contributed by atoms with E-state index in [-0.39, 0.29) is 11.8 Å². The van der Waals surface area contributed by atoms with Gasteiger partial charge in [0.05, 0.1) is 11.9 Å². The van der Waals surface area contributed by atoms with E-state index < -0.39 is 11.7 Å². The summed E-state index contributed by atoms with van der Waals surface area (Å²) >= 11 is 0. The quantitative estimate of drug-likeness (QED) is 0.217. The van der Waals surface area contributed by atoms with Crippen LogP contribution < -0.4 is 21.7 Å². The summed E-state index contributed by atoms with van der Waals surface area (Å²) in [4.78, 5) is 21.4. The normalized spacial score (nSPS) is 10.6. The Balaban J connectivity index is 2.02. The summed E-state index contributed by atoms with van der Waals surface area (Å²) in [5.41, 5.74) is 13.6. The zero-order valence-corrected chi connectivity index (χ0v) is 17.5. The highest BCUT2D eigenvalue weighted by Gasteiger charge is 2.20. The summed E-state index contributed by atoms with van der Waals surface area (Å²) in [5, 5.41) is 10.7. The van der Waals surface area contributed by atoms with Crippen molar-refractivity contribution < 1.29 is 13.9 Å². The van der Waals surface area contributed by atoms with E-state index in [1.807, 2.05) is 0 Å². The van der Waals surface area contributed by atoms with Crippen molar-refractivity contribution in [1.29, 1.82) is 5.41 Å². The highest BCUT2D eigenvalue weighted by Crippen LogP contribution is 2.32. The van der Waals surface area contributed by atoms with Crippen LogP contribution in [0.1, 0.15) is 22.3 Å². The predicted molar refractivity (Wildman–Crippen MR) is 122 cm³/mol. The smallest absolute Gasteiger partial charge is 0.248 e. The van der Waals surface area contributed by atoms with Crippen molar-refractivity contribution >= 4 is 41.0 Å². The molecule has 0 spiro atoms. The van der Waals surface area contributed by atoms with Crippen LogP contribution in [-0.4, -0.2) is 42.4 Å². The molecule has 0 saturated heterocycles. The number of hydrogen-bond donors (Lipinski definition) is 4. The summed E-state index contributed by atoms with van der Waals surface area (Å²) < 4.78 is 20.0. The monoisotopic (exact) mass is 437 g/mol. The number of halogens is 1. The van der Waals surface area contributed by atoms with Crippen molar-refractivity contribution in [2.75, 3.05) is 36.2 Å². The van der Waals surface area contributed by atoms with Gasteiger partial charge in [-0.25, -0.2) is 9.37 Å². The first-order valence-electron chi connectivity index (χ1n) is 9.79. The molecule has 3 rings (SSSR count). The van der Waals surface area contributed by atoms with Crippen LogP contribution in [0.2, 0.25) is 0 Å². The summed E-state index contributed by atoms with van der Waals surface area (Å²) in [6.07, 6.45) is 2.76. The number of hydrogen-bond acceptors (Lipinski definition) is 8. The van der Waals surface area contributed by atoms with Gasteiger partial charge in [0.2, 0.25) is 11.9 Å². The van der Waals surface area contributed by atoms with E-state index in [9.17, 15) is 9.18 Å². The van der Waals surface area contributed by atoms with Gasteiger partial charge in [0.1, 0.15) is 0 Å². The number of rotatable bonds is 10. The average Bonchev–Trinajstić information content (AvgIpc) is 2.78. The van der Waals surface area contributed by atoms with Crippen molar-refractivity contribution in [2.24, 2.45) is 5.73 Å². The molecule has 32 heavy (non-hydrogen) atoms. The highest BCUT2D eigenvalue weighted by molar-refractivity contribution is 5.94. The van der Waals surface area contributed by atoms with Crippen molar-refractivity contribution in [3.63, 3.8) is 0 Å². The Morgan fingerprint density at radius 3 is 2.81 bits per heavy atom. The molecule has 10 heteroatoms. The maximum atomic E-state index is 14.9. The molecule has 0 aliphatic heterocycles. The Hall–Kier alpha value is -4.05. The Morgan fingerprint density at radius 1 is 1.31 bits per heavy atom. The van der Waals surface area contributed by atoms with Crippen LogP contribution in [0.4, 0.5) is 33.2 Å². The predicted octanol–water partition coefficient (Wildman–Crippen LogP) is 3.21. The van der Waals surface area contributed by atoms with Crippen LogP contribution in [0.15, 0.2) is 48.7 Å². The van der Waals surface area contributed by atoms with Gasteiger partial charge >= 0.3 is 0 Å². The molecule has 0 unspecified atom stereocenters. The van der Waals surface area contributed by atoms with Crippen LogP contribution >= 0.6 is 0 Å². The molecular formula is C22H24FN7O2. The van der Waals surface area contributed by atoms with Gasteiger partial charge in [-0.1, -0.05) is 12.1 Å². The standard InChI is InChI=1S/C22H24FN7O2/c1-32-10-4-9-30(19-8-3-7-18(25)16(19)12-24)21-17(23)13-27-22(29-21)28-15-6-2-5-14(11-15)20(26)31/h2-3,5-8,11-13,24H,4,9-10,25H2,1H3,(H2,26,31)(H,27,28,29). The second kappa shape index (κ2) is 10.3. The zero-order chi connectivity index (χ0) is 23.1. The van der Waals surface area contributed by atoms with E-state index in [1.54, 1.807) is 54.5 Å². The first kappa shape index (κ1) is 22.6. The van der Waals surface area contributed by atoms with Crippen molar-refractivity contribution in [3.05, 3.63) is 65.6 Å². The minimum Gasteiger partial charge on any atom is -0.398 e. The molecule has 166 valence electrons. The summed E-state index contributed by atoms with van der Waals surface area (Å²) in [5.74, 6) is -1.07. The zero-order valence-electron chi connectivity index (χ0n) is 17.5. The third-order valence-electron chi connectivity index (χ3n) is 4.67. The molecule has 1 heterocycles. The number of carbonyl (C=O) groups excluding carboxylic acids is 1. The second-order valence-electron chi connectivity index (χ2n) is 6.86. The molecule has 0 aliphatic rings. The third kappa shape index (κ3) is 5.16. The maximum absolute atomic E-state index is 14.9. The van der Waals surface area contributed by atoms with Gasteiger partial charge in [-0.2, -0.15) is 4.98 Å². The fraction of sp³-hybridized carbons (Fsp3) is 0.182.